The molecule has 1 amide bonds. The van der Waals surface area contributed by atoms with Gasteiger partial charge in [-0.3, -0.25) is 4.79 Å². The van der Waals surface area contributed by atoms with Crippen molar-refractivity contribution in [3.05, 3.63) is 54.0 Å². The van der Waals surface area contributed by atoms with Crippen LogP contribution in [0.25, 0.3) is 0 Å². The Kier molecular flexibility index (Phi) is 6.04. The van der Waals surface area contributed by atoms with Crippen molar-refractivity contribution in [2.75, 3.05) is 11.9 Å². The molecule has 0 radical (unpaired) electrons. The monoisotopic (exact) mass is 330 g/mol. The largest absolute Gasteiger partial charge is 0.467 e. The van der Waals surface area contributed by atoms with Gasteiger partial charge in [0.1, 0.15) is 5.76 Å². The van der Waals surface area contributed by atoms with Crippen LogP contribution >= 0.6 is 0 Å². The fourth-order valence-corrected chi connectivity index (χ4v) is 2.40. The second kappa shape index (κ2) is 8.02. The molecule has 5 heteroatoms. The highest BCUT2D eigenvalue weighted by molar-refractivity contribution is 5.99. The lowest BCUT2D eigenvalue weighted by molar-refractivity contribution is 0.00593. The quantitative estimate of drug-likeness (QED) is 0.693. The highest BCUT2D eigenvalue weighted by Gasteiger charge is 2.27. The van der Waals surface area contributed by atoms with Crippen LogP contribution in [-0.2, 0) is 6.54 Å². The summed E-state index contributed by atoms with van der Waals surface area (Å²) in [6, 6.07) is 11.0. The first-order valence-corrected chi connectivity index (χ1v) is 8.30. The minimum absolute atomic E-state index is 0.102. The van der Waals surface area contributed by atoms with Crippen molar-refractivity contribution in [2.24, 2.45) is 5.92 Å². The lowest BCUT2D eigenvalue weighted by Gasteiger charge is -2.29. The molecule has 0 aliphatic carbocycles. The Morgan fingerprint density at radius 3 is 2.71 bits per heavy atom. The number of anilines is 1. The number of furan rings is 1. The van der Waals surface area contributed by atoms with Gasteiger partial charge in [-0.25, -0.2) is 0 Å². The first kappa shape index (κ1) is 18.1. The summed E-state index contributed by atoms with van der Waals surface area (Å²) in [5.41, 5.74) is 0.347. The number of amides is 1. The maximum absolute atomic E-state index is 12.5. The van der Waals surface area contributed by atoms with Crippen molar-refractivity contribution in [3.63, 3.8) is 0 Å². The Bertz CT molecular complexity index is 650. The molecule has 3 N–H and O–H groups in total. The van der Waals surface area contributed by atoms with Crippen molar-refractivity contribution in [2.45, 2.75) is 39.3 Å². The summed E-state index contributed by atoms with van der Waals surface area (Å²) >= 11 is 0. The van der Waals surface area contributed by atoms with E-state index in [4.69, 9.17) is 4.42 Å². The Morgan fingerprint density at radius 1 is 1.29 bits per heavy atom. The van der Waals surface area contributed by atoms with Crippen LogP contribution in [0, 0.1) is 5.92 Å². The molecule has 0 bridgehead atoms. The number of carbonyl (C=O) groups is 1. The molecule has 1 aromatic carbocycles. The van der Waals surface area contributed by atoms with E-state index in [1.165, 1.54) is 0 Å². The molecule has 1 heterocycles. The Labute approximate surface area is 143 Å². The molecule has 2 atom stereocenters. The number of hydrogen-bond donors (Lipinski definition) is 3. The van der Waals surface area contributed by atoms with Gasteiger partial charge in [0.25, 0.3) is 5.91 Å². The number of hydrogen-bond acceptors (Lipinski definition) is 4. The lowest BCUT2D eigenvalue weighted by atomic mass is 9.88. The smallest absolute Gasteiger partial charge is 0.253 e. The van der Waals surface area contributed by atoms with E-state index in [1.54, 1.807) is 19.3 Å². The molecule has 2 rings (SSSR count). The van der Waals surface area contributed by atoms with Crippen LogP contribution in [0.3, 0.4) is 0 Å². The van der Waals surface area contributed by atoms with Gasteiger partial charge in [-0.15, -0.1) is 0 Å². The third kappa shape index (κ3) is 4.61. The van der Waals surface area contributed by atoms with Gasteiger partial charge in [-0.2, -0.15) is 0 Å². The van der Waals surface area contributed by atoms with Crippen LogP contribution in [0.4, 0.5) is 5.69 Å². The molecular weight excluding hydrogens is 304 g/mol. The summed E-state index contributed by atoms with van der Waals surface area (Å²) in [5, 5.41) is 16.5. The van der Waals surface area contributed by atoms with Gasteiger partial charge in [0, 0.05) is 12.2 Å². The molecule has 5 nitrogen and oxygen atoms in total. The Hall–Kier alpha value is -2.27. The number of para-hydroxylation sites is 1. The second-order valence-corrected chi connectivity index (χ2v) is 6.33. The van der Waals surface area contributed by atoms with E-state index in [0.29, 0.717) is 12.1 Å². The normalized spacial score (nSPS) is 14.7. The van der Waals surface area contributed by atoms with Crippen LogP contribution < -0.4 is 10.6 Å². The van der Waals surface area contributed by atoms with E-state index >= 15 is 0 Å². The van der Waals surface area contributed by atoms with Gasteiger partial charge in [-0.1, -0.05) is 32.4 Å². The third-order valence-corrected chi connectivity index (χ3v) is 4.49. The summed E-state index contributed by atoms with van der Waals surface area (Å²) in [6.07, 6.45) is 2.47. The van der Waals surface area contributed by atoms with Gasteiger partial charge < -0.3 is 20.2 Å². The first-order valence-electron chi connectivity index (χ1n) is 8.30. The zero-order chi connectivity index (χ0) is 17.6. The zero-order valence-corrected chi connectivity index (χ0v) is 14.5. The molecule has 0 aliphatic heterocycles. The van der Waals surface area contributed by atoms with Crippen molar-refractivity contribution >= 4 is 11.6 Å². The zero-order valence-electron chi connectivity index (χ0n) is 14.5. The molecule has 0 fully saturated rings. The molecular formula is C19H26N2O3. The van der Waals surface area contributed by atoms with Gasteiger partial charge in [0.15, 0.2) is 0 Å². The first-order chi connectivity index (χ1) is 11.4. The van der Waals surface area contributed by atoms with Crippen LogP contribution in [-0.4, -0.2) is 23.2 Å². The molecule has 24 heavy (non-hydrogen) atoms. The SMILES string of the molecule is CCC(C)C(C)(O)CNC(=O)c1ccccc1NCc1ccco1. The van der Waals surface area contributed by atoms with E-state index in [-0.39, 0.29) is 18.4 Å². The molecule has 0 saturated carbocycles. The van der Waals surface area contributed by atoms with E-state index in [9.17, 15) is 9.90 Å². The lowest BCUT2D eigenvalue weighted by Crippen LogP contribution is -2.45. The van der Waals surface area contributed by atoms with E-state index in [0.717, 1.165) is 17.9 Å². The molecule has 0 aliphatic rings. The molecule has 2 unspecified atom stereocenters. The molecule has 1 aromatic heterocycles. The maximum Gasteiger partial charge on any atom is 0.253 e. The van der Waals surface area contributed by atoms with Crippen LogP contribution in [0.5, 0.6) is 0 Å². The Balaban J connectivity index is 2.01. The summed E-state index contributed by atoms with van der Waals surface area (Å²) in [4.78, 5) is 12.5. The fraction of sp³-hybridized carbons (Fsp3) is 0.421. The van der Waals surface area contributed by atoms with Crippen molar-refractivity contribution in [1.29, 1.82) is 0 Å². The van der Waals surface area contributed by atoms with E-state index in [2.05, 4.69) is 10.6 Å². The predicted octanol–water partition coefficient (Wildman–Crippen LogP) is 3.42. The fourth-order valence-electron chi connectivity index (χ4n) is 2.40. The highest BCUT2D eigenvalue weighted by atomic mass is 16.3. The van der Waals surface area contributed by atoms with Gasteiger partial charge in [0.2, 0.25) is 0 Å². The van der Waals surface area contributed by atoms with Crippen LogP contribution in [0.2, 0.25) is 0 Å². The Morgan fingerprint density at radius 2 is 2.04 bits per heavy atom. The standard InChI is InChI=1S/C19H26N2O3/c1-4-14(2)19(3,23)13-21-18(22)16-9-5-6-10-17(16)20-12-15-8-7-11-24-15/h5-11,14,20,23H,4,12-13H2,1-3H3,(H,21,22). The number of aliphatic hydroxyl groups is 1. The van der Waals surface area contributed by atoms with Crippen LogP contribution in [0.15, 0.2) is 47.1 Å². The maximum atomic E-state index is 12.5. The third-order valence-electron chi connectivity index (χ3n) is 4.49. The summed E-state index contributed by atoms with van der Waals surface area (Å²) in [6.45, 7) is 6.47. The molecule has 130 valence electrons. The van der Waals surface area contributed by atoms with Crippen molar-refractivity contribution in [1.82, 2.24) is 5.32 Å². The van der Waals surface area contributed by atoms with Gasteiger partial charge in [-0.05, 0) is 37.1 Å². The van der Waals surface area contributed by atoms with Gasteiger partial charge >= 0.3 is 0 Å². The van der Waals surface area contributed by atoms with E-state index < -0.39 is 5.60 Å². The van der Waals surface area contributed by atoms with Crippen molar-refractivity contribution < 1.29 is 14.3 Å². The minimum Gasteiger partial charge on any atom is -0.467 e. The second-order valence-electron chi connectivity index (χ2n) is 6.33. The van der Waals surface area contributed by atoms with Crippen molar-refractivity contribution in [3.8, 4) is 0 Å². The number of benzene rings is 1. The molecule has 0 spiro atoms. The number of nitrogens with one attached hydrogen (secondary N) is 2. The molecule has 2 aromatic rings. The van der Waals surface area contributed by atoms with Gasteiger partial charge in [0.05, 0.1) is 24.0 Å². The average Bonchev–Trinajstić information content (AvgIpc) is 3.11. The minimum atomic E-state index is -0.930. The summed E-state index contributed by atoms with van der Waals surface area (Å²) in [5.74, 6) is 0.691. The number of carbonyl (C=O) groups excluding carboxylic acids is 1. The average molecular weight is 330 g/mol. The number of rotatable bonds is 8. The molecule has 0 saturated heterocycles. The topological polar surface area (TPSA) is 74.5 Å². The predicted molar refractivity (Wildman–Crippen MR) is 94.9 cm³/mol. The summed E-state index contributed by atoms with van der Waals surface area (Å²) in [7, 11) is 0. The van der Waals surface area contributed by atoms with E-state index in [1.807, 2.05) is 44.2 Å². The summed E-state index contributed by atoms with van der Waals surface area (Å²) < 4.78 is 5.29. The van der Waals surface area contributed by atoms with Crippen LogP contribution in [0.1, 0.15) is 43.3 Å². The highest BCUT2D eigenvalue weighted by Crippen LogP contribution is 2.20.